The molecule has 1 N–H and O–H groups in total. The van der Waals surface area contributed by atoms with Crippen molar-refractivity contribution >= 4 is 12.1 Å². The molecule has 1 rings (SSSR count). The average molecular weight is 284 g/mol. The molecular weight excluding hydrogens is 269 g/mol. The van der Waals surface area contributed by atoms with Crippen molar-refractivity contribution in [2.45, 2.75) is 32.0 Å². The number of alkyl halides is 3. The average Bonchev–Trinajstić information content (AvgIpc) is 2.35. The molecule has 1 aliphatic heterocycles. The molecule has 6 nitrogen and oxygen atoms in total. The van der Waals surface area contributed by atoms with Gasteiger partial charge >= 0.3 is 18.2 Å². The molecule has 1 amide bonds. The molecule has 19 heavy (non-hydrogen) atoms. The van der Waals surface area contributed by atoms with Crippen molar-refractivity contribution in [1.82, 2.24) is 10.4 Å². The maximum Gasteiger partial charge on any atom is 0.493 e. The van der Waals surface area contributed by atoms with Crippen LogP contribution in [0.1, 0.15) is 19.8 Å². The SMILES string of the molecule is CCOC(=O)N(OC(=O)C(F)(F)F)C1CCNCC1. The number of ether oxygens (including phenoxy) is 1. The Morgan fingerprint density at radius 1 is 1.32 bits per heavy atom. The van der Waals surface area contributed by atoms with Crippen molar-refractivity contribution in [3.05, 3.63) is 0 Å². The summed E-state index contributed by atoms with van der Waals surface area (Å²) in [6.45, 7) is 2.52. The van der Waals surface area contributed by atoms with Gasteiger partial charge in [-0.1, -0.05) is 0 Å². The molecule has 0 spiro atoms. The number of hydrogen-bond acceptors (Lipinski definition) is 5. The summed E-state index contributed by atoms with van der Waals surface area (Å²) >= 11 is 0. The van der Waals surface area contributed by atoms with Crippen molar-refractivity contribution < 1.29 is 32.3 Å². The van der Waals surface area contributed by atoms with Crippen LogP contribution in [0, 0.1) is 0 Å². The second-order valence-electron chi connectivity index (χ2n) is 3.88. The van der Waals surface area contributed by atoms with E-state index in [0.717, 1.165) is 0 Å². The summed E-state index contributed by atoms with van der Waals surface area (Å²) < 4.78 is 41.1. The maximum atomic E-state index is 12.2. The van der Waals surface area contributed by atoms with E-state index in [0.29, 0.717) is 31.0 Å². The summed E-state index contributed by atoms with van der Waals surface area (Å²) in [6, 6.07) is -0.619. The Labute approximate surface area is 107 Å². The number of halogens is 3. The van der Waals surface area contributed by atoms with Crippen molar-refractivity contribution in [3.63, 3.8) is 0 Å². The van der Waals surface area contributed by atoms with Gasteiger partial charge in [0.25, 0.3) is 0 Å². The van der Waals surface area contributed by atoms with E-state index in [2.05, 4.69) is 14.9 Å². The molecule has 1 aliphatic rings. The van der Waals surface area contributed by atoms with E-state index in [1.54, 1.807) is 0 Å². The number of hydroxylamine groups is 2. The van der Waals surface area contributed by atoms with Crippen LogP contribution in [0.4, 0.5) is 18.0 Å². The number of nitrogens with zero attached hydrogens (tertiary/aromatic N) is 1. The molecule has 0 aromatic carbocycles. The van der Waals surface area contributed by atoms with Gasteiger partial charge in [-0.3, -0.25) is 0 Å². The van der Waals surface area contributed by atoms with Crippen molar-refractivity contribution in [1.29, 1.82) is 0 Å². The molecule has 0 bridgehead atoms. The highest BCUT2D eigenvalue weighted by Crippen LogP contribution is 2.21. The predicted molar refractivity (Wildman–Crippen MR) is 56.9 cm³/mol. The summed E-state index contributed by atoms with van der Waals surface area (Å²) in [5, 5.41) is 3.37. The third-order valence-electron chi connectivity index (χ3n) is 2.50. The van der Waals surface area contributed by atoms with Crippen LogP contribution >= 0.6 is 0 Å². The first-order chi connectivity index (χ1) is 8.86. The zero-order chi connectivity index (χ0) is 14.5. The number of carbonyl (C=O) groups excluding carboxylic acids is 2. The number of piperidine rings is 1. The molecular formula is C10H15F3N2O4. The highest BCUT2D eigenvalue weighted by molar-refractivity contribution is 5.77. The number of rotatable bonds is 2. The highest BCUT2D eigenvalue weighted by Gasteiger charge is 2.45. The monoisotopic (exact) mass is 284 g/mol. The molecule has 1 saturated heterocycles. The Bertz CT molecular complexity index is 329. The van der Waals surface area contributed by atoms with Crippen LogP contribution in [0.25, 0.3) is 0 Å². The molecule has 110 valence electrons. The topological polar surface area (TPSA) is 67.9 Å². The number of carbonyl (C=O) groups is 2. The van der Waals surface area contributed by atoms with Crippen LogP contribution in [0.3, 0.4) is 0 Å². The van der Waals surface area contributed by atoms with Gasteiger partial charge in [-0.2, -0.15) is 13.2 Å². The Kier molecular flexibility index (Phi) is 5.40. The fourth-order valence-electron chi connectivity index (χ4n) is 1.63. The first-order valence-electron chi connectivity index (χ1n) is 5.82. The first-order valence-corrected chi connectivity index (χ1v) is 5.82. The molecule has 1 heterocycles. The summed E-state index contributed by atoms with van der Waals surface area (Å²) in [7, 11) is 0. The van der Waals surface area contributed by atoms with E-state index in [1.807, 2.05) is 0 Å². The highest BCUT2D eigenvalue weighted by atomic mass is 19.4. The normalized spacial score (nSPS) is 16.8. The third kappa shape index (κ3) is 4.58. The molecule has 0 aromatic rings. The number of nitrogens with one attached hydrogen (secondary N) is 1. The lowest BCUT2D eigenvalue weighted by molar-refractivity contribution is -0.238. The first kappa shape index (κ1) is 15.5. The largest absolute Gasteiger partial charge is 0.493 e. The zero-order valence-corrected chi connectivity index (χ0v) is 10.3. The molecule has 0 radical (unpaired) electrons. The van der Waals surface area contributed by atoms with E-state index in [1.165, 1.54) is 6.92 Å². The van der Waals surface area contributed by atoms with Gasteiger partial charge < -0.3 is 14.9 Å². The smallest absolute Gasteiger partial charge is 0.448 e. The van der Waals surface area contributed by atoms with Crippen LogP contribution in [-0.2, 0) is 14.4 Å². The molecule has 9 heteroatoms. The number of amides is 1. The second kappa shape index (κ2) is 6.60. The predicted octanol–water partition coefficient (Wildman–Crippen LogP) is 1.22. The Morgan fingerprint density at radius 3 is 2.37 bits per heavy atom. The lowest BCUT2D eigenvalue weighted by Gasteiger charge is -2.31. The zero-order valence-electron chi connectivity index (χ0n) is 10.3. The molecule has 1 fully saturated rings. The third-order valence-corrected chi connectivity index (χ3v) is 2.50. The van der Waals surface area contributed by atoms with Crippen molar-refractivity contribution in [3.8, 4) is 0 Å². The van der Waals surface area contributed by atoms with Crippen LogP contribution in [0.15, 0.2) is 0 Å². The van der Waals surface area contributed by atoms with Crippen LogP contribution in [0.2, 0.25) is 0 Å². The van der Waals surface area contributed by atoms with Crippen molar-refractivity contribution in [2.75, 3.05) is 19.7 Å². The van der Waals surface area contributed by atoms with Gasteiger partial charge in [-0.25, -0.2) is 9.59 Å². The molecule has 0 atom stereocenters. The fourth-order valence-corrected chi connectivity index (χ4v) is 1.63. The number of hydrogen-bond donors (Lipinski definition) is 1. The summed E-state index contributed by atoms with van der Waals surface area (Å²) in [4.78, 5) is 26.5. The standard InChI is InChI=1S/C10H15F3N2O4/c1-2-18-9(17)15(7-3-5-14-6-4-7)19-8(16)10(11,12)13/h7,14H,2-6H2,1H3. The van der Waals surface area contributed by atoms with Gasteiger partial charge in [-0.15, -0.1) is 5.06 Å². The van der Waals surface area contributed by atoms with Crippen LogP contribution in [0.5, 0.6) is 0 Å². The van der Waals surface area contributed by atoms with Gasteiger partial charge in [0.1, 0.15) is 0 Å². The summed E-state index contributed by atoms with van der Waals surface area (Å²) in [6.07, 6.45) is -5.49. The minimum Gasteiger partial charge on any atom is -0.448 e. The Morgan fingerprint density at radius 2 is 1.89 bits per heavy atom. The van der Waals surface area contributed by atoms with E-state index in [9.17, 15) is 22.8 Å². The van der Waals surface area contributed by atoms with Gasteiger partial charge in [0, 0.05) is 0 Å². The minimum absolute atomic E-state index is 0.0239. The minimum atomic E-state index is -5.16. The Balaban J connectivity index is 2.74. The molecule has 0 aromatic heterocycles. The van der Waals surface area contributed by atoms with E-state index in [-0.39, 0.29) is 6.61 Å². The second-order valence-corrected chi connectivity index (χ2v) is 3.88. The summed E-state index contributed by atoms with van der Waals surface area (Å²) in [5.74, 6) is -2.43. The van der Waals surface area contributed by atoms with Gasteiger partial charge in [-0.05, 0) is 32.9 Å². The van der Waals surface area contributed by atoms with Gasteiger partial charge in [0.15, 0.2) is 0 Å². The lowest BCUT2D eigenvalue weighted by Crippen LogP contribution is -2.48. The summed E-state index contributed by atoms with van der Waals surface area (Å²) in [5.41, 5.74) is 0. The van der Waals surface area contributed by atoms with Gasteiger partial charge in [0.2, 0.25) is 0 Å². The van der Waals surface area contributed by atoms with Crippen LogP contribution < -0.4 is 5.32 Å². The molecule has 0 aliphatic carbocycles. The quantitative estimate of drug-likeness (QED) is 0.772. The van der Waals surface area contributed by atoms with E-state index >= 15 is 0 Å². The van der Waals surface area contributed by atoms with Gasteiger partial charge in [0.05, 0.1) is 12.6 Å². The molecule has 0 unspecified atom stereocenters. The van der Waals surface area contributed by atoms with Crippen molar-refractivity contribution in [2.24, 2.45) is 0 Å². The van der Waals surface area contributed by atoms with Crippen LogP contribution in [-0.4, -0.2) is 49.0 Å². The van der Waals surface area contributed by atoms with E-state index < -0.39 is 24.3 Å². The fraction of sp³-hybridized carbons (Fsp3) is 0.800. The van der Waals surface area contributed by atoms with E-state index in [4.69, 9.17) is 0 Å². The lowest BCUT2D eigenvalue weighted by atomic mass is 10.1. The molecule has 0 saturated carbocycles. The Hall–Kier alpha value is -1.51. The maximum absolute atomic E-state index is 12.2.